The fourth-order valence-corrected chi connectivity index (χ4v) is 2.38. The normalized spacial score (nSPS) is 15.5. The van der Waals surface area contributed by atoms with Gasteiger partial charge in [-0.3, -0.25) is 9.36 Å². The van der Waals surface area contributed by atoms with E-state index in [9.17, 15) is 4.79 Å². The summed E-state index contributed by atoms with van der Waals surface area (Å²) in [5.74, 6) is 1.24. The molecular formula is C14H17N3O2. The van der Waals surface area contributed by atoms with Gasteiger partial charge in [-0.2, -0.15) is 0 Å². The summed E-state index contributed by atoms with van der Waals surface area (Å²) in [5, 5.41) is 3.90. The average Bonchev–Trinajstić information content (AvgIpc) is 2.62. The van der Waals surface area contributed by atoms with Crippen LogP contribution in [0.3, 0.4) is 0 Å². The molecule has 0 amide bonds. The van der Waals surface area contributed by atoms with Crippen molar-refractivity contribution >= 4 is 0 Å². The van der Waals surface area contributed by atoms with E-state index >= 15 is 0 Å². The molecule has 0 N–H and O–H groups in total. The molecule has 5 nitrogen and oxygen atoms in total. The summed E-state index contributed by atoms with van der Waals surface area (Å²) in [5.41, 5.74) is 2.72. The highest BCUT2D eigenvalue weighted by molar-refractivity contribution is 5.21. The molecule has 0 saturated heterocycles. The molecule has 1 aliphatic carbocycles. The fraction of sp³-hybridized carbons (Fsp3) is 0.500. The van der Waals surface area contributed by atoms with E-state index in [1.165, 1.54) is 6.42 Å². The maximum Gasteiger partial charge on any atom is 0.253 e. The van der Waals surface area contributed by atoms with Crippen LogP contribution in [0.15, 0.2) is 21.7 Å². The van der Waals surface area contributed by atoms with Crippen LogP contribution < -0.4 is 5.56 Å². The first-order valence-electron chi connectivity index (χ1n) is 6.63. The standard InChI is InChI=1S/C14H17N3O2/c1-9-12(10(2)19-16-9)7-17-8-15-13(6-14(17)18)11-4-3-5-11/h6,8,11H,3-5,7H2,1-2H3. The lowest BCUT2D eigenvalue weighted by Gasteiger charge is -2.24. The lowest BCUT2D eigenvalue weighted by molar-refractivity contribution is 0.391. The number of aromatic nitrogens is 3. The molecule has 0 aliphatic heterocycles. The molecule has 1 fully saturated rings. The van der Waals surface area contributed by atoms with Crippen molar-refractivity contribution in [2.45, 2.75) is 45.6 Å². The maximum absolute atomic E-state index is 12.1. The highest BCUT2D eigenvalue weighted by Gasteiger charge is 2.21. The van der Waals surface area contributed by atoms with Crippen molar-refractivity contribution < 1.29 is 4.52 Å². The Balaban J connectivity index is 1.87. The summed E-state index contributed by atoms with van der Waals surface area (Å²) in [6, 6.07) is 1.67. The molecule has 2 aromatic rings. The molecule has 3 rings (SSSR count). The minimum atomic E-state index is -0.00287. The Morgan fingerprint density at radius 1 is 1.42 bits per heavy atom. The third-order valence-electron chi connectivity index (χ3n) is 3.93. The predicted molar refractivity (Wildman–Crippen MR) is 70.2 cm³/mol. The van der Waals surface area contributed by atoms with Crippen LogP contribution in [0.5, 0.6) is 0 Å². The Morgan fingerprint density at radius 2 is 2.21 bits per heavy atom. The van der Waals surface area contributed by atoms with Gasteiger partial charge in [0.05, 0.1) is 24.3 Å². The van der Waals surface area contributed by atoms with Crippen molar-refractivity contribution in [1.29, 1.82) is 0 Å². The molecule has 1 aliphatic rings. The van der Waals surface area contributed by atoms with Crippen molar-refractivity contribution in [3.63, 3.8) is 0 Å². The molecule has 0 unspecified atom stereocenters. The largest absolute Gasteiger partial charge is 0.361 e. The average molecular weight is 259 g/mol. The molecule has 0 aromatic carbocycles. The van der Waals surface area contributed by atoms with Crippen LogP contribution in [0.4, 0.5) is 0 Å². The highest BCUT2D eigenvalue weighted by Crippen LogP contribution is 2.34. The van der Waals surface area contributed by atoms with Crippen LogP contribution in [0.25, 0.3) is 0 Å². The zero-order chi connectivity index (χ0) is 13.4. The van der Waals surface area contributed by atoms with Gasteiger partial charge in [-0.25, -0.2) is 4.98 Å². The molecule has 0 bridgehead atoms. The third-order valence-corrected chi connectivity index (χ3v) is 3.93. The lowest BCUT2D eigenvalue weighted by Crippen LogP contribution is -2.23. The molecule has 2 aromatic heterocycles. The van der Waals surface area contributed by atoms with Crippen molar-refractivity contribution in [1.82, 2.24) is 14.7 Å². The molecule has 100 valence electrons. The van der Waals surface area contributed by atoms with Gasteiger partial charge in [0.15, 0.2) is 0 Å². The second kappa shape index (κ2) is 4.64. The van der Waals surface area contributed by atoms with Crippen LogP contribution in [-0.4, -0.2) is 14.7 Å². The van der Waals surface area contributed by atoms with Gasteiger partial charge in [0.25, 0.3) is 5.56 Å². The van der Waals surface area contributed by atoms with E-state index in [4.69, 9.17) is 4.52 Å². The monoisotopic (exact) mass is 259 g/mol. The Labute approximate surface area is 111 Å². The number of hydrogen-bond acceptors (Lipinski definition) is 4. The SMILES string of the molecule is Cc1noc(C)c1Cn1cnc(C2CCC2)cc1=O. The van der Waals surface area contributed by atoms with E-state index in [2.05, 4.69) is 10.1 Å². The summed E-state index contributed by atoms with van der Waals surface area (Å²) in [6.07, 6.45) is 5.19. The highest BCUT2D eigenvalue weighted by atomic mass is 16.5. The zero-order valence-corrected chi connectivity index (χ0v) is 11.2. The van der Waals surface area contributed by atoms with Gasteiger partial charge in [-0.1, -0.05) is 11.6 Å². The molecular weight excluding hydrogens is 242 g/mol. The van der Waals surface area contributed by atoms with E-state index in [0.29, 0.717) is 12.5 Å². The minimum Gasteiger partial charge on any atom is -0.361 e. The van der Waals surface area contributed by atoms with E-state index < -0.39 is 0 Å². The Morgan fingerprint density at radius 3 is 2.74 bits per heavy atom. The summed E-state index contributed by atoms with van der Waals surface area (Å²) in [7, 11) is 0. The summed E-state index contributed by atoms with van der Waals surface area (Å²) in [4.78, 5) is 16.5. The van der Waals surface area contributed by atoms with Crippen molar-refractivity contribution in [3.8, 4) is 0 Å². The number of hydrogen-bond donors (Lipinski definition) is 0. The Hall–Kier alpha value is -1.91. The minimum absolute atomic E-state index is 0.00287. The summed E-state index contributed by atoms with van der Waals surface area (Å²) < 4.78 is 6.72. The molecule has 19 heavy (non-hydrogen) atoms. The van der Waals surface area contributed by atoms with Crippen LogP contribution >= 0.6 is 0 Å². The van der Waals surface area contributed by atoms with Crippen LogP contribution in [0.2, 0.25) is 0 Å². The topological polar surface area (TPSA) is 60.9 Å². The molecule has 0 radical (unpaired) electrons. The quantitative estimate of drug-likeness (QED) is 0.847. The maximum atomic E-state index is 12.1. The van der Waals surface area contributed by atoms with Crippen LogP contribution in [0, 0.1) is 13.8 Å². The molecule has 5 heteroatoms. The van der Waals surface area contributed by atoms with Gasteiger partial charge in [0.1, 0.15) is 5.76 Å². The molecule has 1 saturated carbocycles. The first-order chi connectivity index (χ1) is 9.15. The first-order valence-corrected chi connectivity index (χ1v) is 6.63. The van der Waals surface area contributed by atoms with E-state index in [1.54, 1.807) is 17.0 Å². The molecule has 0 spiro atoms. The fourth-order valence-electron chi connectivity index (χ4n) is 2.38. The summed E-state index contributed by atoms with van der Waals surface area (Å²) >= 11 is 0. The lowest BCUT2D eigenvalue weighted by atomic mass is 9.83. The van der Waals surface area contributed by atoms with Crippen LogP contribution in [0.1, 0.15) is 47.9 Å². The zero-order valence-electron chi connectivity index (χ0n) is 11.2. The van der Waals surface area contributed by atoms with Crippen molar-refractivity contribution in [2.75, 3.05) is 0 Å². The number of aryl methyl sites for hydroxylation is 2. The van der Waals surface area contributed by atoms with Crippen LogP contribution in [-0.2, 0) is 6.54 Å². The van der Waals surface area contributed by atoms with E-state index in [0.717, 1.165) is 35.6 Å². The van der Waals surface area contributed by atoms with Gasteiger partial charge < -0.3 is 4.52 Å². The number of rotatable bonds is 3. The van der Waals surface area contributed by atoms with Gasteiger partial charge in [-0.05, 0) is 26.7 Å². The second-order valence-electron chi connectivity index (χ2n) is 5.21. The smallest absolute Gasteiger partial charge is 0.253 e. The van der Waals surface area contributed by atoms with E-state index in [1.807, 2.05) is 13.8 Å². The van der Waals surface area contributed by atoms with E-state index in [-0.39, 0.29) is 5.56 Å². The van der Waals surface area contributed by atoms with Crippen molar-refractivity contribution in [3.05, 3.63) is 45.5 Å². The Bertz CT molecular complexity index is 633. The predicted octanol–water partition coefficient (Wildman–Crippen LogP) is 2.16. The first kappa shape index (κ1) is 12.1. The van der Waals surface area contributed by atoms with Gasteiger partial charge >= 0.3 is 0 Å². The molecule has 2 heterocycles. The van der Waals surface area contributed by atoms with Gasteiger partial charge in [0, 0.05) is 17.5 Å². The van der Waals surface area contributed by atoms with Gasteiger partial charge in [0.2, 0.25) is 0 Å². The van der Waals surface area contributed by atoms with Gasteiger partial charge in [-0.15, -0.1) is 0 Å². The number of nitrogens with zero attached hydrogens (tertiary/aromatic N) is 3. The Kier molecular flexibility index (Phi) is 2.97. The third kappa shape index (κ3) is 2.20. The second-order valence-corrected chi connectivity index (χ2v) is 5.21. The molecule has 0 atom stereocenters. The summed E-state index contributed by atoms with van der Waals surface area (Å²) in [6.45, 7) is 4.21. The van der Waals surface area contributed by atoms with Crippen molar-refractivity contribution in [2.24, 2.45) is 0 Å².